The lowest BCUT2D eigenvalue weighted by atomic mass is 10.2. The zero-order valence-corrected chi connectivity index (χ0v) is 12.1. The molecule has 2 rings (SSSR count). The summed E-state index contributed by atoms with van der Waals surface area (Å²) in [6, 6.07) is 1.64. The Kier molecular flexibility index (Phi) is 4.93. The quantitative estimate of drug-likeness (QED) is 0.807. The lowest BCUT2D eigenvalue weighted by Gasteiger charge is -2.09. The third-order valence-corrected chi connectivity index (χ3v) is 3.57. The number of carbonyl (C=O) groups is 1. The fraction of sp³-hybridized carbons (Fsp3) is 0.600. The summed E-state index contributed by atoms with van der Waals surface area (Å²) in [6.45, 7) is 4.75. The topological polar surface area (TPSA) is 54.0 Å². The summed E-state index contributed by atoms with van der Waals surface area (Å²) in [5, 5.41) is 5.78. The highest BCUT2D eigenvalue weighted by molar-refractivity contribution is 5.95. The van der Waals surface area contributed by atoms with Gasteiger partial charge in [-0.2, -0.15) is 0 Å². The van der Waals surface area contributed by atoms with Crippen molar-refractivity contribution in [1.82, 2.24) is 10.3 Å². The minimum atomic E-state index is -0.564. The maximum Gasteiger partial charge on any atom is 0.254 e. The molecule has 1 amide bonds. The molecule has 1 saturated carbocycles. The van der Waals surface area contributed by atoms with Gasteiger partial charge in [-0.1, -0.05) is 20.3 Å². The van der Waals surface area contributed by atoms with E-state index in [1.165, 1.54) is 12.3 Å². The van der Waals surface area contributed by atoms with E-state index in [4.69, 9.17) is 0 Å². The van der Waals surface area contributed by atoms with Crippen LogP contribution in [0.1, 0.15) is 49.9 Å². The van der Waals surface area contributed by atoms with E-state index in [9.17, 15) is 9.18 Å². The first-order chi connectivity index (χ1) is 9.67. The Morgan fingerprint density at radius 2 is 2.25 bits per heavy atom. The minimum absolute atomic E-state index is 0.0701. The van der Waals surface area contributed by atoms with Crippen LogP contribution in [0, 0.1) is 11.7 Å². The molecule has 4 nitrogen and oxygen atoms in total. The van der Waals surface area contributed by atoms with Gasteiger partial charge in [0.25, 0.3) is 5.91 Å². The van der Waals surface area contributed by atoms with Crippen LogP contribution in [-0.4, -0.2) is 23.5 Å². The number of halogens is 1. The normalized spacial score (nSPS) is 20.6. The van der Waals surface area contributed by atoms with Gasteiger partial charge in [0, 0.05) is 18.8 Å². The summed E-state index contributed by atoms with van der Waals surface area (Å²) in [4.78, 5) is 16.0. The molecule has 0 saturated heterocycles. The fourth-order valence-electron chi connectivity index (χ4n) is 2.35. The Bertz CT molecular complexity index is 478. The van der Waals surface area contributed by atoms with Gasteiger partial charge in [-0.3, -0.25) is 4.79 Å². The Balaban J connectivity index is 1.99. The highest BCUT2D eigenvalue weighted by Gasteiger charge is 2.37. The molecule has 5 heteroatoms. The summed E-state index contributed by atoms with van der Waals surface area (Å²) in [7, 11) is 0. The predicted octanol–water partition coefficient (Wildman–Crippen LogP) is 2.96. The molecule has 1 heterocycles. The van der Waals surface area contributed by atoms with Crippen LogP contribution in [0.4, 0.5) is 10.2 Å². The predicted molar refractivity (Wildman–Crippen MR) is 77.2 cm³/mol. The maximum atomic E-state index is 14.2. The Hall–Kier alpha value is -1.65. The fourth-order valence-corrected chi connectivity index (χ4v) is 2.35. The Morgan fingerprint density at radius 1 is 1.45 bits per heavy atom. The van der Waals surface area contributed by atoms with Crippen molar-refractivity contribution in [3.63, 3.8) is 0 Å². The molecule has 2 unspecified atom stereocenters. The number of hydrogen-bond acceptors (Lipinski definition) is 3. The molecule has 110 valence electrons. The number of hydrogen-bond donors (Lipinski definition) is 2. The molecule has 0 aliphatic heterocycles. The number of nitrogens with one attached hydrogen (secondary N) is 2. The van der Waals surface area contributed by atoms with Crippen LogP contribution in [-0.2, 0) is 0 Å². The van der Waals surface area contributed by atoms with Gasteiger partial charge in [-0.05, 0) is 31.2 Å². The second-order valence-corrected chi connectivity index (χ2v) is 5.31. The van der Waals surface area contributed by atoms with Gasteiger partial charge in [-0.25, -0.2) is 9.37 Å². The number of anilines is 1. The van der Waals surface area contributed by atoms with Gasteiger partial charge in [0.2, 0.25) is 0 Å². The average Bonchev–Trinajstić information content (AvgIpc) is 3.16. The lowest BCUT2D eigenvalue weighted by molar-refractivity contribution is 0.0944. The number of aromatic nitrogens is 1. The number of nitrogens with zero attached hydrogens (tertiary/aromatic N) is 1. The first kappa shape index (κ1) is 14.8. The van der Waals surface area contributed by atoms with Crippen molar-refractivity contribution in [2.45, 2.75) is 45.6 Å². The molecule has 1 aliphatic carbocycles. The summed E-state index contributed by atoms with van der Waals surface area (Å²) in [5.41, 5.74) is 0.0701. The van der Waals surface area contributed by atoms with Crippen LogP contribution < -0.4 is 10.6 Å². The van der Waals surface area contributed by atoms with Crippen molar-refractivity contribution in [1.29, 1.82) is 0 Å². The lowest BCUT2D eigenvalue weighted by Crippen LogP contribution is -2.28. The van der Waals surface area contributed by atoms with E-state index in [0.717, 1.165) is 25.7 Å². The molecule has 20 heavy (non-hydrogen) atoms. The van der Waals surface area contributed by atoms with Gasteiger partial charge >= 0.3 is 0 Å². The number of carbonyl (C=O) groups excluding carboxylic acids is 1. The van der Waals surface area contributed by atoms with E-state index in [0.29, 0.717) is 12.5 Å². The third kappa shape index (κ3) is 3.46. The van der Waals surface area contributed by atoms with Gasteiger partial charge < -0.3 is 10.6 Å². The SMILES string of the molecule is CCCNc1nccc(C(=O)NC2CC2CCC)c1F. The van der Waals surface area contributed by atoms with Crippen LogP contribution in [0.3, 0.4) is 0 Å². The standard InChI is InChI=1S/C15H22FN3O/c1-3-5-10-9-12(10)19-15(20)11-6-8-18-14(13(11)16)17-7-4-2/h6,8,10,12H,3-5,7,9H2,1-2H3,(H,17,18)(H,19,20). The molecule has 1 aliphatic rings. The summed E-state index contributed by atoms with van der Waals surface area (Å²) >= 11 is 0. The van der Waals surface area contributed by atoms with E-state index < -0.39 is 5.82 Å². The van der Waals surface area contributed by atoms with Gasteiger partial charge in [0.15, 0.2) is 11.6 Å². The van der Waals surface area contributed by atoms with Crippen molar-refractivity contribution < 1.29 is 9.18 Å². The molecule has 1 aromatic heterocycles. The number of rotatable bonds is 7. The molecule has 1 fully saturated rings. The third-order valence-electron chi connectivity index (χ3n) is 3.57. The largest absolute Gasteiger partial charge is 0.368 e. The Morgan fingerprint density at radius 3 is 2.95 bits per heavy atom. The minimum Gasteiger partial charge on any atom is -0.368 e. The summed E-state index contributed by atoms with van der Waals surface area (Å²) < 4.78 is 14.2. The van der Waals surface area contributed by atoms with Crippen molar-refractivity contribution >= 4 is 11.7 Å². The molecule has 0 radical (unpaired) electrons. The first-order valence-electron chi connectivity index (χ1n) is 7.36. The van der Waals surface area contributed by atoms with E-state index in [1.807, 2.05) is 6.92 Å². The van der Waals surface area contributed by atoms with E-state index >= 15 is 0 Å². The summed E-state index contributed by atoms with van der Waals surface area (Å²) in [6.07, 6.45) is 5.58. The van der Waals surface area contributed by atoms with Gasteiger partial charge in [0.1, 0.15) is 0 Å². The van der Waals surface area contributed by atoms with Crippen molar-refractivity contribution in [3.8, 4) is 0 Å². The van der Waals surface area contributed by atoms with Gasteiger partial charge in [-0.15, -0.1) is 0 Å². The van der Waals surface area contributed by atoms with Crippen LogP contribution in [0.2, 0.25) is 0 Å². The van der Waals surface area contributed by atoms with E-state index in [2.05, 4.69) is 22.5 Å². The van der Waals surface area contributed by atoms with Crippen LogP contribution in [0.5, 0.6) is 0 Å². The molecule has 2 N–H and O–H groups in total. The summed E-state index contributed by atoms with van der Waals surface area (Å²) in [5.74, 6) is -0.189. The number of pyridine rings is 1. The maximum absolute atomic E-state index is 14.2. The molecule has 1 aromatic rings. The molecule has 0 bridgehead atoms. The van der Waals surface area contributed by atoms with Crippen LogP contribution in [0.25, 0.3) is 0 Å². The number of amides is 1. The van der Waals surface area contributed by atoms with Crippen LogP contribution >= 0.6 is 0 Å². The smallest absolute Gasteiger partial charge is 0.254 e. The van der Waals surface area contributed by atoms with Gasteiger partial charge in [0.05, 0.1) is 5.56 Å². The second-order valence-electron chi connectivity index (χ2n) is 5.31. The van der Waals surface area contributed by atoms with E-state index in [-0.39, 0.29) is 23.3 Å². The monoisotopic (exact) mass is 279 g/mol. The van der Waals surface area contributed by atoms with Crippen molar-refractivity contribution in [3.05, 3.63) is 23.6 Å². The molecule has 0 spiro atoms. The molecular formula is C15H22FN3O. The molecule has 0 aromatic carbocycles. The second kappa shape index (κ2) is 6.68. The highest BCUT2D eigenvalue weighted by Crippen LogP contribution is 2.34. The van der Waals surface area contributed by atoms with E-state index in [1.54, 1.807) is 0 Å². The molecular weight excluding hydrogens is 257 g/mol. The zero-order valence-electron chi connectivity index (χ0n) is 12.1. The van der Waals surface area contributed by atoms with Crippen molar-refractivity contribution in [2.24, 2.45) is 5.92 Å². The van der Waals surface area contributed by atoms with Crippen LogP contribution in [0.15, 0.2) is 12.3 Å². The molecule has 2 atom stereocenters. The first-order valence-corrected chi connectivity index (χ1v) is 7.36. The Labute approximate surface area is 119 Å². The van der Waals surface area contributed by atoms with Crippen molar-refractivity contribution in [2.75, 3.05) is 11.9 Å². The zero-order chi connectivity index (χ0) is 14.5. The average molecular weight is 279 g/mol. The highest BCUT2D eigenvalue weighted by atomic mass is 19.1.